The van der Waals surface area contributed by atoms with Crippen LogP contribution in [0.1, 0.15) is 18.4 Å². The molecule has 16 heavy (non-hydrogen) atoms. The highest BCUT2D eigenvalue weighted by Gasteiger charge is 2.34. The first kappa shape index (κ1) is 10.4. The maximum atomic E-state index is 6.07. The minimum absolute atomic E-state index is 0.654. The van der Waals surface area contributed by atoms with Crippen molar-refractivity contribution in [1.82, 2.24) is 0 Å². The number of anilines is 1. The van der Waals surface area contributed by atoms with Crippen molar-refractivity contribution >= 4 is 17.3 Å². The number of nitrogens with zero attached hydrogens (tertiary/aromatic N) is 1. The summed E-state index contributed by atoms with van der Waals surface area (Å²) in [6, 6.07) is 6.97. The molecule has 2 atom stereocenters. The summed E-state index contributed by atoms with van der Waals surface area (Å²) in [7, 11) is 0. The van der Waals surface area contributed by atoms with Gasteiger partial charge in [-0.2, -0.15) is 0 Å². The molecule has 0 spiro atoms. The molecular formula is C13H17ClN2. The van der Waals surface area contributed by atoms with Crippen molar-refractivity contribution in [3.8, 4) is 0 Å². The van der Waals surface area contributed by atoms with Crippen LogP contribution in [0.15, 0.2) is 18.2 Å². The zero-order valence-electron chi connectivity index (χ0n) is 9.32. The third-order valence-electron chi connectivity index (χ3n) is 3.95. The lowest BCUT2D eigenvalue weighted by Gasteiger charge is -2.36. The molecule has 0 aromatic heterocycles. The van der Waals surface area contributed by atoms with E-state index in [1.54, 1.807) is 0 Å². The van der Waals surface area contributed by atoms with Gasteiger partial charge in [-0.3, -0.25) is 0 Å². The molecule has 3 heteroatoms. The van der Waals surface area contributed by atoms with Crippen molar-refractivity contribution in [2.75, 3.05) is 18.0 Å². The predicted molar refractivity (Wildman–Crippen MR) is 68.1 cm³/mol. The third kappa shape index (κ3) is 1.61. The highest BCUT2D eigenvalue weighted by atomic mass is 35.5. The molecule has 0 aliphatic carbocycles. The quantitative estimate of drug-likeness (QED) is 0.812. The first-order valence-electron chi connectivity index (χ1n) is 6.03. The Bertz CT molecular complexity index is 405. The van der Waals surface area contributed by atoms with E-state index in [-0.39, 0.29) is 0 Å². The summed E-state index contributed by atoms with van der Waals surface area (Å²) in [6.07, 6.45) is 3.73. The Labute approximate surface area is 101 Å². The highest BCUT2D eigenvalue weighted by molar-refractivity contribution is 6.30. The van der Waals surface area contributed by atoms with E-state index in [0.29, 0.717) is 12.0 Å². The van der Waals surface area contributed by atoms with Gasteiger partial charge in [0, 0.05) is 23.3 Å². The maximum absolute atomic E-state index is 6.07. The van der Waals surface area contributed by atoms with E-state index in [9.17, 15) is 0 Å². The van der Waals surface area contributed by atoms with Gasteiger partial charge in [-0.05, 0) is 49.4 Å². The lowest BCUT2D eigenvalue weighted by Crippen LogP contribution is -2.43. The standard InChI is InChI=1S/C13H17ClN2/c14-11-3-2-10-5-12-4-1-9(7-15)8-16(12)13(10)6-11/h2-3,6,9,12H,1,4-5,7-8,15H2. The van der Waals surface area contributed by atoms with Crippen LogP contribution in [0.2, 0.25) is 5.02 Å². The molecule has 2 heterocycles. The summed E-state index contributed by atoms with van der Waals surface area (Å²) >= 11 is 6.07. The summed E-state index contributed by atoms with van der Waals surface area (Å²) < 4.78 is 0. The second-order valence-electron chi connectivity index (χ2n) is 4.96. The first-order chi connectivity index (χ1) is 7.78. The molecule has 0 bridgehead atoms. The lowest BCUT2D eigenvalue weighted by atomic mass is 9.93. The molecular weight excluding hydrogens is 220 g/mol. The predicted octanol–water partition coefficient (Wildman–Crippen LogP) is 2.44. The van der Waals surface area contributed by atoms with E-state index in [0.717, 1.165) is 18.1 Å². The smallest absolute Gasteiger partial charge is 0.0426 e. The fourth-order valence-electron chi connectivity index (χ4n) is 3.03. The number of nitrogens with two attached hydrogens (primary N) is 1. The summed E-state index contributed by atoms with van der Waals surface area (Å²) in [6.45, 7) is 1.91. The molecule has 2 unspecified atom stereocenters. The molecule has 0 saturated carbocycles. The monoisotopic (exact) mass is 236 g/mol. The van der Waals surface area contributed by atoms with Gasteiger partial charge in [0.15, 0.2) is 0 Å². The molecule has 1 aromatic carbocycles. The van der Waals surface area contributed by atoms with E-state index in [4.69, 9.17) is 17.3 Å². The Balaban J connectivity index is 1.92. The normalized spacial score (nSPS) is 27.8. The van der Waals surface area contributed by atoms with Crippen molar-refractivity contribution in [2.45, 2.75) is 25.3 Å². The minimum atomic E-state index is 0.654. The second kappa shape index (κ2) is 3.94. The van der Waals surface area contributed by atoms with Gasteiger partial charge in [0.2, 0.25) is 0 Å². The average molecular weight is 237 g/mol. The second-order valence-corrected chi connectivity index (χ2v) is 5.40. The number of fused-ring (bicyclic) bond motifs is 3. The third-order valence-corrected chi connectivity index (χ3v) is 4.18. The molecule has 2 nitrogen and oxygen atoms in total. The van der Waals surface area contributed by atoms with E-state index in [2.05, 4.69) is 17.0 Å². The van der Waals surface area contributed by atoms with Gasteiger partial charge in [0.05, 0.1) is 0 Å². The summed E-state index contributed by atoms with van der Waals surface area (Å²) in [4.78, 5) is 2.52. The molecule has 2 aliphatic heterocycles. The van der Waals surface area contributed by atoms with Gasteiger partial charge < -0.3 is 10.6 Å². The number of rotatable bonds is 1. The van der Waals surface area contributed by atoms with Crippen molar-refractivity contribution in [1.29, 1.82) is 0 Å². The molecule has 3 rings (SSSR count). The molecule has 86 valence electrons. The minimum Gasteiger partial charge on any atom is -0.368 e. The number of piperidine rings is 1. The van der Waals surface area contributed by atoms with Gasteiger partial charge in [-0.25, -0.2) is 0 Å². The van der Waals surface area contributed by atoms with Gasteiger partial charge >= 0.3 is 0 Å². The molecule has 2 N–H and O–H groups in total. The Morgan fingerprint density at radius 1 is 1.38 bits per heavy atom. The topological polar surface area (TPSA) is 29.3 Å². The molecule has 0 radical (unpaired) electrons. The number of halogens is 1. The van der Waals surface area contributed by atoms with Crippen molar-refractivity contribution < 1.29 is 0 Å². The van der Waals surface area contributed by atoms with Gasteiger partial charge in [0.1, 0.15) is 0 Å². The van der Waals surface area contributed by atoms with E-state index in [1.165, 1.54) is 30.5 Å². The summed E-state index contributed by atoms with van der Waals surface area (Å²) in [5.41, 5.74) is 8.58. The largest absolute Gasteiger partial charge is 0.368 e. The fourth-order valence-corrected chi connectivity index (χ4v) is 3.20. The van der Waals surface area contributed by atoms with Crippen LogP contribution < -0.4 is 10.6 Å². The van der Waals surface area contributed by atoms with E-state index in [1.807, 2.05) is 6.07 Å². The van der Waals surface area contributed by atoms with Gasteiger partial charge in [-0.1, -0.05) is 17.7 Å². The van der Waals surface area contributed by atoms with Crippen LogP contribution in [-0.2, 0) is 6.42 Å². The number of benzene rings is 1. The van der Waals surface area contributed by atoms with Crippen molar-refractivity contribution in [3.05, 3.63) is 28.8 Å². The number of hydrogen-bond donors (Lipinski definition) is 1. The van der Waals surface area contributed by atoms with E-state index < -0.39 is 0 Å². The molecule has 1 fully saturated rings. The van der Waals surface area contributed by atoms with Gasteiger partial charge in [-0.15, -0.1) is 0 Å². The van der Waals surface area contributed by atoms with Crippen LogP contribution in [0.3, 0.4) is 0 Å². The van der Waals surface area contributed by atoms with Gasteiger partial charge in [0.25, 0.3) is 0 Å². The zero-order chi connectivity index (χ0) is 11.1. The van der Waals surface area contributed by atoms with E-state index >= 15 is 0 Å². The number of hydrogen-bond acceptors (Lipinski definition) is 2. The van der Waals surface area contributed by atoms with Crippen LogP contribution in [-0.4, -0.2) is 19.1 Å². The summed E-state index contributed by atoms with van der Waals surface area (Å²) in [5.74, 6) is 0.654. The lowest BCUT2D eigenvalue weighted by molar-refractivity contribution is 0.372. The average Bonchev–Trinajstić information content (AvgIpc) is 2.66. The highest BCUT2D eigenvalue weighted by Crippen LogP contribution is 2.39. The van der Waals surface area contributed by atoms with Crippen molar-refractivity contribution in [2.24, 2.45) is 11.7 Å². The summed E-state index contributed by atoms with van der Waals surface area (Å²) in [5, 5.41) is 0.842. The fraction of sp³-hybridized carbons (Fsp3) is 0.538. The Morgan fingerprint density at radius 2 is 2.25 bits per heavy atom. The molecule has 1 saturated heterocycles. The van der Waals surface area contributed by atoms with Crippen molar-refractivity contribution in [3.63, 3.8) is 0 Å². The Kier molecular flexibility index (Phi) is 2.56. The molecule has 1 aromatic rings. The molecule has 2 aliphatic rings. The zero-order valence-corrected chi connectivity index (χ0v) is 10.1. The van der Waals surface area contributed by atoms with Crippen LogP contribution >= 0.6 is 11.6 Å². The maximum Gasteiger partial charge on any atom is 0.0426 e. The van der Waals surface area contributed by atoms with Crippen LogP contribution in [0.25, 0.3) is 0 Å². The SMILES string of the molecule is NCC1CCC2Cc3ccc(Cl)cc3N2C1. The van der Waals surface area contributed by atoms with Crippen LogP contribution in [0, 0.1) is 5.92 Å². The first-order valence-corrected chi connectivity index (χ1v) is 6.41. The molecule has 0 amide bonds. The van der Waals surface area contributed by atoms with Crippen LogP contribution in [0.4, 0.5) is 5.69 Å². The Morgan fingerprint density at radius 3 is 3.06 bits per heavy atom. The van der Waals surface area contributed by atoms with Crippen LogP contribution in [0.5, 0.6) is 0 Å². The Hall–Kier alpha value is -0.730.